The van der Waals surface area contributed by atoms with E-state index in [-0.39, 0.29) is 24.5 Å². The maximum Gasteiger partial charge on any atom is 0.422 e. The summed E-state index contributed by atoms with van der Waals surface area (Å²) < 4.78 is 39.8. The van der Waals surface area contributed by atoms with Crippen molar-refractivity contribution in [1.82, 2.24) is 10.2 Å². The van der Waals surface area contributed by atoms with Crippen molar-refractivity contribution in [2.45, 2.75) is 57.3 Å². The standard InChI is InChI=1S/C14H21F3N2O3/c1-9-6-10-4-2-3-5-11(10)19(9)12(20)7-18-13(21)22-8-14(15,16)17/h9-11H,2-8H2,1H3,(H,18,21)/t9-,10-,11-/m1/s1. The van der Waals surface area contributed by atoms with Gasteiger partial charge in [-0.05, 0) is 32.1 Å². The highest BCUT2D eigenvalue weighted by molar-refractivity contribution is 5.83. The number of amides is 2. The van der Waals surface area contributed by atoms with Crippen LogP contribution < -0.4 is 5.32 Å². The normalized spacial score (nSPS) is 28.2. The third kappa shape index (κ3) is 4.27. The molecule has 0 spiro atoms. The van der Waals surface area contributed by atoms with Crippen LogP contribution in [0.2, 0.25) is 0 Å². The van der Waals surface area contributed by atoms with E-state index in [1.807, 2.05) is 6.92 Å². The second kappa shape index (κ2) is 6.75. The quantitative estimate of drug-likeness (QED) is 0.868. The fraction of sp³-hybridized carbons (Fsp3) is 0.857. The lowest BCUT2D eigenvalue weighted by atomic mass is 9.85. The molecule has 5 nitrogen and oxygen atoms in total. The zero-order valence-corrected chi connectivity index (χ0v) is 12.5. The van der Waals surface area contributed by atoms with Gasteiger partial charge in [0.2, 0.25) is 5.91 Å². The Balaban J connectivity index is 1.80. The Kier molecular flexibility index (Phi) is 5.18. The average molecular weight is 322 g/mol. The molecule has 2 rings (SSSR count). The van der Waals surface area contributed by atoms with Gasteiger partial charge in [-0.1, -0.05) is 12.8 Å². The molecule has 2 amide bonds. The summed E-state index contributed by atoms with van der Waals surface area (Å²) in [5, 5.41) is 2.10. The summed E-state index contributed by atoms with van der Waals surface area (Å²) in [4.78, 5) is 25.2. The summed E-state index contributed by atoms with van der Waals surface area (Å²) in [6, 6.07) is 0.304. The maximum atomic E-state index is 12.2. The van der Waals surface area contributed by atoms with Crippen molar-refractivity contribution in [2.75, 3.05) is 13.2 Å². The van der Waals surface area contributed by atoms with Crippen LogP contribution in [0.5, 0.6) is 0 Å². The summed E-state index contributed by atoms with van der Waals surface area (Å²) >= 11 is 0. The Hall–Kier alpha value is -1.47. The van der Waals surface area contributed by atoms with Crippen molar-refractivity contribution in [2.24, 2.45) is 5.92 Å². The molecule has 1 saturated heterocycles. The Morgan fingerprint density at radius 2 is 1.95 bits per heavy atom. The first-order valence-corrected chi connectivity index (χ1v) is 7.56. The number of nitrogens with zero attached hydrogens (tertiary/aromatic N) is 1. The highest BCUT2D eigenvalue weighted by Crippen LogP contribution is 2.39. The van der Waals surface area contributed by atoms with Gasteiger partial charge >= 0.3 is 12.3 Å². The number of rotatable bonds is 3. The topological polar surface area (TPSA) is 58.6 Å². The molecule has 2 aliphatic rings. The van der Waals surface area contributed by atoms with Crippen LogP contribution in [0.25, 0.3) is 0 Å². The molecule has 1 aliphatic heterocycles. The van der Waals surface area contributed by atoms with Crippen molar-refractivity contribution in [3.05, 3.63) is 0 Å². The van der Waals surface area contributed by atoms with Crippen LogP contribution in [0.4, 0.5) is 18.0 Å². The number of carbonyl (C=O) groups excluding carboxylic acids is 2. The second-order valence-electron chi connectivity index (χ2n) is 6.04. The molecule has 1 heterocycles. The summed E-state index contributed by atoms with van der Waals surface area (Å²) in [7, 11) is 0. The number of ether oxygens (including phenoxy) is 1. The van der Waals surface area contributed by atoms with Crippen LogP contribution >= 0.6 is 0 Å². The lowest BCUT2D eigenvalue weighted by molar-refractivity contribution is -0.160. The Bertz CT molecular complexity index is 428. The van der Waals surface area contributed by atoms with E-state index < -0.39 is 18.9 Å². The zero-order valence-electron chi connectivity index (χ0n) is 12.5. The first-order chi connectivity index (χ1) is 10.3. The molecular formula is C14H21F3N2O3. The van der Waals surface area contributed by atoms with Gasteiger partial charge in [-0.2, -0.15) is 13.2 Å². The van der Waals surface area contributed by atoms with Crippen molar-refractivity contribution in [3.8, 4) is 0 Å². The van der Waals surface area contributed by atoms with E-state index in [1.165, 1.54) is 6.42 Å². The monoisotopic (exact) mass is 322 g/mol. The zero-order chi connectivity index (χ0) is 16.3. The van der Waals surface area contributed by atoms with E-state index in [1.54, 1.807) is 4.90 Å². The summed E-state index contributed by atoms with van der Waals surface area (Å²) in [5.74, 6) is 0.246. The van der Waals surface area contributed by atoms with Gasteiger partial charge in [-0.25, -0.2) is 4.79 Å². The molecule has 2 fully saturated rings. The maximum absolute atomic E-state index is 12.2. The third-order valence-electron chi connectivity index (χ3n) is 4.38. The molecule has 1 N–H and O–H groups in total. The van der Waals surface area contributed by atoms with E-state index in [2.05, 4.69) is 10.1 Å². The minimum absolute atomic E-state index is 0.105. The molecule has 0 aromatic rings. The van der Waals surface area contributed by atoms with E-state index in [0.717, 1.165) is 25.7 Å². The minimum Gasteiger partial charge on any atom is -0.440 e. The number of hydrogen-bond donors (Lipinski definition) is 1. The SMILES string of the molecule is C[C@@H]1C[C@H]2CCCC[C@H]2N1C(=O)CNC(=O)OCC(F)(F)F. The predicted octanol–water partition coefficient (Wildman–Crippen LogP) is 2.45. The molecule has 0 radical (unpaired) electrons. The van der Waals surface area contributed by atoms with Crippen molar-refractivity contribution in [1.29, 1.82) is 0 Å². The number of alkyl halides is 3. The summed E-state index contributed by atoms with van der Waals surface area (Å²) in [6.07, 6.45) is -0.511. The summed E-state index contributed by atoms with van der Waals surface area (Å²) in [5.41, 5.74) is 0. The lowest BCUT2D eigenvalue weighted by Crippen LogP contribution is -2.47. The van der Waals surface area contributed by atoms with Gasteiger partial charge in [0.15, 0.2) is 6.61 Å². The Labute approximate surface area is 127 Å². The molecule has 0 aromatic heterocycles. The van der Waals surface area contributed by atoms with Gasteiger partial charge in [-0.3, -0.25) is 4.79 Å². The van der Waals surface area contributed by atoms with Crippen molar-refractivity contribution in [3.63, 3.8) is 0 Å². The Morgan fingerprint density at radius 1 is 1.27 bits per heavy atom. The fourth-order valence-electron chi connectivity index (χ4n) is 3.58. The molecule has 8 heteroatoms. The van der Waals surface area contributed by atoms with Crippen molar-refractivity contribution < 1.29 is 27.5 Å². The lowest BCUT2D eigenvalue weighted by Gasteiger charge is -2.33. The van der Waals surface area contributed by atoms with E-state index in [4.69, 9.17) is 0 Å². The Morgan fingerprint density at radius 3 is 2.64 bits per heavy atom. The molecule has 1 saturated carbocycles. The molecule has 126 valence electrons. The number of hydrogen-bond acceptors (Lipinski definition) is 3. The highest BCUT2D eigenvalue weighted by Gasteiger charge is 2.42. The third-order valence-corrected chi connectivity index (χ3v) is 4.38. The summed E-state index contributed by atoms with van der Waals surface area (Å²) in [6.45, 7) is -0.0136. The molecule has 0 unspecified atom stereocenters. The van der Waals surface area contributed by atoms with Crippen molar-refractivity contribution >= 4 is 12.0 Å². The van der Waals surface area contributed by atoms with Crippen LogP contribution in [-0.2, 0) is 9.53 Å². The average Bonchev–Trinajstić information content (AvgIpc) is 2.77. The van der Waals surface area contributed by atoms with E-state index in [9.17, 15) is 22.8 Å². The van der Waals surface area contributed by atoms with Gasteiger partial charge in [0, 0.05) is 12.1 Å². The van der Waals surface area contributed by atoms with Gasteiger partial charge in [0.05, 0.1) is 0 Å². The van der Waals surface area contributed by atoms with Crippen LogP contribution in [0.1, 0.15) is 39.0 Å². The number of halogens is 3. The molecule has 1 aliphatic carbocycles. The molecule has 22 heavy (non-hydrogen) atoms. The van der Waals surface area contributed by atoms with Crippen LogP contribution in [0, 0.1) is 5.92 Å². The molecular weight excluding hydrogens is 301 g/mol. The second-order valence-corrected chi connectivity index (χ2v) is 6.04. The van der Waals surface area contributed by atoms with Crippen LogP contribution in [0.3, 0.4) is 0 Å². The number of likely N-dealkylation sites (tertiary alicyclic amines) is 1. The highest BCUT2D eigenvalue weighted by atomic mass is 19.4. The molecule has 0 bridgehead atoms. The molecule has 0 aromatic carbocycles. The van der Waals surface area contributed by atoms with Crippen LogP contribution in [-0.4, -0.2) is 48.3 Å². The first kappa shape index (κ1) is 16.9. The van der Waals surface area contributed by atoms with E-state index >= 15 is 0 Å². The van der Waals surface area contributed by atoms with Gasteiger partial charge in [-0.15, -0.1) is 0 Å². The number of nitrogens with one attached hydrogen (secondary N) is 1. The minimum atomic E-state index is -4.57. The number of fused-ring (bicyclic) bond motifs is 1. The smallest absolute Gasteiger partial charge is 0.422 e. The van der Waals surface area contributed by atoms with Gasteiger partial charge in [0.1, 0.15) is 6.54 Å². The predicted molar refractivity (Wildman–Crippen MR) is 72.1 cm³/mol. The van der Waals surface area contributed by atoms with E-state index in [0.29, 0.717) is 5.92 Å². The largest absolute Gasteiger partial charge is 0.440 e. The molecule has 3 atom stereocenters. The number of alkyl carbamates (subject to hydrolysis) is 1. The van der Waals surface area contributed by atoms with Crippen LogP contribution in [0.15, 0.2) is 0 Å². The first-order valence-electron chi connectivity index (χ1n) is 7.56. The van der Waals surface area contributed by atoms with Gasteiger partial charge in [0.25, 0.3) is 0 Å². The van der Waals surface area contributed by atoms with Gasteiger partial charge < -0.3 is 15.0 Å². The fourth-order valence-corrected chi connectivity index (χ4v) is 3.58. The number of carbonyl (C=O) groups is 2.